The first kappa shape index (κ1) is 14.3. The van der Waals surface area contributed by atoms with Crippen LogP contribution >= 0.6 is 15.9 Å². The lowest BCUT2D eigenvalue weighted by atomic mass is 10.2. The Morgan fingerprint density at radius 2 is 2.32 bits per heavy atom. The number of H-pyrrole nitrogens is 1. The predicted octanol–water partition coefficient (Wildman–Crippen LogP) is 3.19. The van der Waals surface area contributed by atoms with E-state index in [1.54, 1.807) is 27.0 Å². The monoisotopic (exact) mass is 333 g/mol. The van der Waals surface area contributed by atoms with Gasteiger partial charge in [-0.15, -0.1) is 0 Å². The normalized spacial score (nSPS) is 23.7. The first-order chi connectivity index (χ1) is 8.76. The van der Waals surface area contributed by atoms with Gasteiger partial charge < -0.3 is 9.72 Å². The zero-order chi connectivity index (χ0) is 14.2. The van der Waals surface area contributed by atoms with Gasteiger partial charge >= 0.3 is 6.09 Å². The Morgan fingerprint density at radius 3 is 2.84 bits per heavy atom. The lowest BCUT2D eigenvalue weighted by Crippen LogP contribution is -2.37. The SMILES string of the molecule is CC(C)(C)OC(=O)N1C[C@H](F)CC1c1ncc(Br)[nH]1. The van der Waals surface area contributed by atoms with Crippen LogP contribution in [0.25, 0.3) is 0 Å². The molecule has 1 amide bonds. The molecule has 106 valence electrons. The van der Waals surface area contributed by atoms with E-state index in [9.17, 15) is 9.18 Å². The second-order valence-corrected chi connectivity index (χ2v) is 6.45. The number of imidazole rings is 1. The molecule has 0 bridgehead atoms. The van der Waals surface area contributed by atoms with Crippen LogP contribution in [0.15, 0.2) is 10.8 Å². The smallest absolute Gasteiger partial charge is 0.411 e. The highest BCUT2D eigenvalue weighted by atomic mass is 79.9. The second kappa shape index (κ2) is 5.11. The number of aromatic nitrogens is 2. The van der Waals surface area contributed by atoms with E-state index in [0.717, 1.165) is 0 Å². The standard InChI is InChI=1S/C12H17BrFN3O2/c1-12(2,3)19-11(18)17-6-7(14)4-8(17)10-15-5-9(13)16-10/h5,7-8H,4,6H2,1-3H3,(H,15,16)/t7-,8?/m1/s1. The van der Waals surface area contributed by atoms with Gasteiger partial charge in [0.25, 0.3) is 0 Å². The maximum Gasteiger partial charge on any atom is 0.411 e. The van der Waals surface area contributed by atoms with E-state index in [1.165, 1.54) is 4.90 Å². The van der Waals surface area contributed by atoms with Crippen LogP contribution in [0.4, 0.5) is 9.18 Å². The van der Waals surface area contributed by atoms with E-state index in [4.69, 9.17) is 4.74 Å². The van der Waals surface area contributed by atoms with Gasteiger partial charge in [-0.25, -0.2) is 14.2 Å². The van der Waals surface area contributed by atoms with Crippen molar-refractivity contribution >= 4 is 22.0 Å². The summed E-state index contributed by atoms with van der Waals surface area (Å²) in [6.07, 6.45) is 0.263. The van der Waals surface area contributed by atoms with Crippen molar-refractivity contribution in [2.45, 2.75) is 45.0 Å². The fourth-order valence-corrected chi connectivity index (χ4v) is 2.35. The number of ether oxygens (including phenoxy) is 1. The van der Waals surface area contributed by atoms with Gasteiger partial charge in [0.2, 0.25) is 0 Å². The highest BCUT2D eigenvalue weighted by Crippen LogP contribution is 2.33. The molecule has 7 heteroatoms. The zero-order valence-corrected chi connectivity index (χ0v) is 12.7. The minimum Gasteiger partial charge on any atom is -0.444 e. The number of nitrogens with one attached hydrogen (secondary N) is 1. The molecule has 1 N–H and O–H groups in total. The fourth-order valence-electron chi connectivity index (χ4n) is 2.05. The predicted molar refractivity (Wildman–Crippen MR) is 71.5 cm³/mol. The topological polar surface area (TPSA) is 58.2 Å². The van der Waals surface area contributed by atoms with E-state index >= 15 is 0 Å². The Bertz CT molecular complexity index is 472. The molecule has 1 aromatic heterocycles. The lowest BCUT2D eigenvalue weighted by molar-refractivity contribution is 0.0211. The van der Waals surface area contributed by atoms with Gasteiger partial charge in [-0.1, -0.05) is 0 Å². The number of alkyl halides is 1. The number of aromatic amines is 1. The molecule has 2 heterocycles. The number of likely N-dealkylation sites (tertiary alicyclic amines) is 1. The minimum absolute atomic E-state index is 0.0396. The van der Waals surface area contributed by atoms with Gasteiger partial charge in [0.05, 0.1) is 18.8 Å². The number of rotatable bonds is 1. The molecular formula is C12H17BrFN3O2. The molecule has 19 heavy (non-hydrogen) atoms. The molecule has 2 rings (SSSR count). The van der Waals surface area contributed by atoms with Crippen LogP contribution in [0, 0.1) is 0 Å². The fraction of sp³-hybridized carbons (Fsp3) is 0.667. The van der Waals surface area contributed by atoms with Crippen LogP contribution < -0.4 is 0 Å². The average Bonchev–Trinajstić information content (AvgIpc) is 2.81. The molecule has 1 aliphatic heterocycles. The molecule has 1 unspecified atom stereocenters. The first-order valence-electron chi connectivity index (χ1n) is 6.10. The molecule has 0 aliphatic carbocycles. The van der Waals surface area contributed by atoms with Gasteiger partial charge in [-0.2, -0.15) is 0 Å². The Kier molecular flexibility index (Phi) is 3.85. The largest absolute Gasteiger partial charge is 0.444 e. The molecule has 0 radical (unpaired) electrons. The van der Waals surface area contributed by atoms with Crippen molar-refractivity contribution in [1.29, 1.82) is 0 Å². The van der Waals surface area contributed by atoms with Crippen LogP contribution in [-0.4, -0.2) is 39.3 Å². The van der Waals surface area contributed by atoms with Crippen molar-refractivity contribution in [2.75, 3.05) is 6.54 Å². The van der Waals surface area contributed by atoms with Crippen molar-refractivity contribution in [2.24, 2.45) is 0 Å². The van der Waals surface area contributed by atoms with Crippen molar-refractivity contribution in [3.63, 3.8) is 0 Å². The van der Waals surface area contributed by atoms with E-state index in [0.29, 0.717) is 10.4 Å². The quantitative estimate of drug-likeness (QED) is 0.858. The van der Waals surface area contributed by atoms with Gasteiger partial charge in [0.1, 0.15) is 22.2 Å². The van der Waals surface area contributed by atoms with Crippen LogP contribution in [0.1, 0.15) is 39.1 Å². The third kappa shape index (κ3) is 3.46. The second-order valence-electron chi connectivity index (χ2n) is 5.60. The summed E-state index contributed by atoms with van der Waals surface area (Å²) in [4.78, 5) is 20.6. The van der Waals surface area contributed by atoms with Crippen molar-refractivity contribution < 1.29 is 13.9 Å². The third-order valence-electron chi connectivity index (χ3n) is 2.76. The van der Waals surface area contributed by atoms with Crippen molar-refractivity contribution in [1.82, 2.24) is 14.9 Å². The number of carbonyl (C=O) groups is 1. The zero-order valence-electron chi connectivity index (χ0n) is 11.1. The van der Waals surface area contributed by atoms with Crippen molar-refractivity contribution in [3.05, 3.63) is 16.6 Å². The molecule has 1 aromatic rings. The number of carbonyl (C=O) groups excluding carboxylic acids is 1. The summed E-state index contributed by atoms with van der Waals surface area (Å²) in [7, 11) is 0. The molecule has 0 saturated carbocycles. The summed E-state index contributed by atoms with van der Waals surface area (Å²) in [5.41, 5.74) is -0.597. The summed E-state index contributed by atoms with van der Waals surface area (Å²) in [5.74, 6) is 0.567. The molecule has 2 atom stereocenters. The van der Waals surface area contributed by atoms with E-state index in [2.05, 4.69) is 25.9 Å². The summed E-state index contributed by atoms with van der Waals surface area (Å²) in [5, 5.41) is 0. The molecule has 1 aliphatic rings. The number of hydrogen-bond donors (Lipinski definition) is 1. The van der Waals surface area contributed by atoms with E-state index in [1.807, 2.05) is 0 Å². The van der Waals surface area contributed by atoms with Crippen molar-refractivity contribution in [3.8, 4) is 0 Å². The maximum absolute atomic E-state index is 13.6. The summed E-state index contributed by atoms with van der Waals surface area (Å²) < 4.78 is 19.6. The lowest BCUT2D eigenvalue weighted by Gasteiger charge is -2.27. The maximum atomic E-state index is 13.6. The van der Waals surface area contributed by atoms with E-state index in [-0.39, 0.29) is 13.0 Å². The molecule has 5 nitrogen and oxygen atoms in total. The van der Waals surface area contributed by atoms with Gasteiger partial charge in [-0.05, 0) is 36.7 Å². The average molecular weight is 334 g/mol. The van der Waals surface area contributed by atoms with Crippen LogP contribution in [0.2, 0.25) is 0 Å². The van der Waals surface area contributed by atoms with Gasteiger partial charge in [0.15, 0.2) is 0 Å². The van der Waals surface area contributed by atoms with Crippen LogP contribution in [0.5, 0.6) is 0 Å². The molecular weight excluding hydrogens is 317 g/mol. The third-order valence-corrected chi connectivity index (χ3v) is 3.16. The summed E-state index contributed by atoms with van der Waals surface area (Å²) >= 11 is 3.25. The molecule has 1 saturated heterocycles. The number of amides is 1. The Morgan fingerprint density at radius 1 is 1.63 bits per heavy atom. The number of hydrogen-bond acceptors (Lipinski definition) is 3. The van der Waals surface area contributed by atoms with Crippen LogP contribution in [0.3, 0.4) is 0 Å². The Hall–Kier alpha value is -1.11. The highest BCUT2D eigenvalue weighted by Gasteiger charge is 2.39. The minimum atomic E-state index is -1.05. The number of halogens is 2. The number of nitrogens with zero attached hydrogens (tertiary/aromatic N) is 2. The summed E-state index contributed by atoms with van der Waals surface area (Å²) in [6, 6.07) is -0.406. The molecule has 1 fully saturated rings. The highest BCUT2D eigenvalue weighted by molar-refractivity contribution is 9.10. The first-order valence-corrected chi connectivity index (χ1v) is 6.89. The Labute approximate surface area is 119 Å². The van der Waals surface area contributed by atoms with Gasteiger partial charge in [0, 0.05) is 6.42 Å². The van der Waals surface area contributed by atoms with E-state index < -0.39 is 23.9 Å². The summed E-state index contributed by atoms with van der Waals surface area (Å²) in [6.45, 7) is 5.39. The Balaban J connectivity index is 2.16. The van der Waals surface area contributed by atoms with Crippen LogP contribution in [-0.2, 0) is 4.74 Å². The molecule has 0 aromatic carbocycles. The van der Waals surface area contributed by atoms with Gasteiger partial charge in [-0.3, -0.25) is 4.90 Å². The molecule has 0 spiro atoms.